The maximum atomic E-state index is 12.8. The van der Waals surface area contributed by atoms with Crippen LogP contribution in [0.5, 0.6) is 0 Å². The molecule has 122 valence electrons. The first kappa shape index (κ1) is 16.1. The summed E-state index contributed by atoms with van der Waals surface area (Å²) in [6.45, 7) is -0.149. The van der Waals surface area contributed by atoms with Crippen molar-refractivity contribution >= 4 is 40.2 Å². The van der Waals surface area contributed by atoms with Gasteiger partial charge in [-0.1, -0.05) is 36.4 Å². The summed E-state index contributed by atoms with van der Waals surface area (Å²) in [5, 5.41) is -1.20. The second kappa shape index (κ2) is 6.76. The molecule has 1 aliphatic heterocycles. The van der Waals surface area contributed by atoms with Crippen molar-refractivity contribution in [2.24, 2.45) is 5.73 Å². The molecule has 2 N–H and O–H groups in total. The summed E-state index contributed by atoms with van der Waals surface area (Å²) in [7, 11) is 0. The van der Waals surface area contributed by atoms with E-state index in [1.807, 2.05) is 12.1 Å². The molecule has 1 fully saturated rings. The highest BCUT2D eigenvalue weighted by Gasteiger charge is 2.44. The van der Waals surface area contributed by atoms with Gasteiger partial charge < -0.3 is 10.6 Å². The van der Waals surface area contributed by atoms with E-state index in [-0.39, 0.29) is 17.7 Å². The van der Waals surface area contributed by atoms with Gasteiger partial charge in [-0.3, -0.25) is 14.4 Å². The van der Waals surface area contributed by atoms with Gasteiger partial charge in [0, 0.05) is 5.69 Å². The Morgan fingerprint density at radius 1 is 1.04 bits per heavy atom. The van der Waals surface area contributed by atoms with Crippen LogP contribution in [-0.4, -0.2) is 29.0 Å². The largest absolute Gasteiger partial charge is 0.368 e. The molecule has 3 amide bonds. The number of hydrogen-bond acceptors (Lipinski definition) is 5. The highest BCUT2D eigenvalue weighted by molar-refractivity contribution is 8.16. The number of para-hydroxylation sites is 2. The molecule has 1 aliphatic rings. The van der Waals surface area contributed by atoms with E-state index >= 15 is 0 Å². The van der Waals surface area contributed by atoms with Crippen molar-refractivity contribution in [1.29, 1.82) is 0 Å². The van der Waals surface area contributed by atoms with Crippen LogP contribution in [0.2, 0.25) is 0 Å². The number of amides is 3. The second-order valence-corrected chi connectivity index (χ2v) is 6.21. The molecule has 2 aromatic rings. The average molecular weight is 341 g/mol. The topological polar surface area (TPSA) is 83.7 Å². The van der Waals surface area contributed by atoms with Gasteiger partial charge in [0.2, 0.25) is 5.91 Å². The van der Waals surface area contributed by atoms with E-state index in [4.69, 9.17) is 5.73 Å². The monoisotopic (exact) mass is 341 g/mol. The number of benzene rings is 2. The minimum absolute atomic E-state index is 0.149. The van der Waals surface area contributed by atoms with E-state index < -0.39 is 11.3 Å². The van der Waals surface area contributed by atoms with Gasteiger partial charge >= 0.3 is 0 Å². The quantitative estimate of drug-likeness (QED) is 0.901. The average Bonchev–Trinajstić information content (AvgIpc) is 2.88. The molecular weight excluding hydrogens is 326 g/mol. The highest BCUT2D eigenvalue weighted by atomic mass is 32.2. The lowest BCUT2D eigenvalue weighted by Gasteiger charge is -2.27. The zero-order valence-electron chi connectivity index (χ0n) is 12.7. The lowest BCUT2D eigenvalue weighted by atomic mass is 10.2. The predicted octanol–water partition coefficient (Wildman–Crippen LogP) is 2.20. The fraction of sp³-hybridized carbons (Fsp3) is 0.118. The zero-order chi connectivity index (χ0) is 17.1. The summed E-state index contributed by atoms with van der Waals surface area (Å²) in [5.74, 6) is -0.959. The van der Waals surface area contributed by atoms with Crippen LogP contribution in [0, 0.1) is 0 Å². The van der Waals surface area contributed by atoms with Crippen molar-refractivity contribution < 1.29 is 14.4 Å². The van der Waals surface area contributed by atoms with Crippen LogP contribution in [0.1, 0.15) is 0 Å². The Bertz CT molecular complexity index is 767. The van der Waals surface area contributed by atoms with Gasteiger partial charge in [0.1, 0.15) is 0 Å². The number of rotatable bonds is 5. The number of carbonyl (C=O) groups excluding carboxylic acids is 3. The number of carbonyl (C=O) groups is 3. The molecule has 3 rings (SSSR count). The molecule has 0 saturated carbocycles. The number of primary amides is 1. The van der Waals surface area contributed by atoms with E-state index in [9.17, 15) is 14.4 Å². The first-order valence-corrected chi connectivity index (χ1v) is 8.15. The Morgan fingerprint density at radius 3 is 2.21 bits per heavy atom. The Hall–Kier alpha value is -2.80. The third-order valence-corrected chi connectivity index (χ3v) is 4.60. The summed E-state index contributed by atoms with van der Waals surface area (Å²) in [5.41, 5.74) is 6.49. The molecule has 6 nitrogen and oxygen atoms in total. The number of hydrogen-bond donors (Lipinski definition) is 1. The number of anilines is 2. The van der Waals surface area contributed by atoms with Crippen LogP contribution < -0.4 is 15.5 Å². The molecule has 7 heteroatoms. The fourth-order valence-electron chi connectivity index (χ4n) is 2.50. The third-order valence-electron chi connectivity index (χ3n) is 3.54. The summed E-state index contributed by atoms with van der Waals surface area (Å²) in [6, 6.07) is 17.7. The molecule has 0 aromatic heterocycles. The Balaban J connectivity index is 1.93. The van der Waals surface area contributed by atoms with E-state index in [1.54, 1.807) is 53.4 Å². The van der Waals surface area contributed by atoms with Gasteiger partial charge in [-0.05, 0) is 36.0 Å². The molecule has 1 heterocycles. The second-order valence-electron chi connectivity index (χ2n) is 5.18. The van der Waals surface area contributed by atoms with Gasteiger partial charge in [0.05, 0.1) is 12.2 Å². The molecule has 2 aromatic carbocycles. The lowest BCUT2D eigenvalue weighted by Crippen LogP contribution is -2.45. The molecule has 0 aliphatic carbocycles. The van der Waals surface area contributed by atoms with Gasteiger partial charge in [-0.2, -0.15) is 0 Å². The molecule has 0 radical (unpaired) electrons. The maximum Gasteiger partial charge on any atom is 0.295 e. The minimum Gasteiger partial charge on any atom is -0.368 e. The number of thioether (sulfide) groups is 1. The number of imide groups is 1. The van der Waals surface area contributed by atoms with Crippen LogP contribution in [0.25, 0.3) is 0 Å². The molecule has 1 saturated heterocycles. The minimum atomic E-state index is -0.826. The highest BCUT2D eigenvalue weighted by Crippen LogP contribution is 2.35. The van der Waals surface area contributed by atoms with Crippen molar-refractivity contribution in [3.05, 3.63) is 60.7 Å². The normalized spacial score (nSPS) is 17.2. The summed E-state index contributed by atoms with van der Waals surface area (Å²) in [4.78, 5) is 39.3. The van der Waals surface area contributed by atoms with Crippen molar-refractivity contribution in [2.75, 3.05) is 16.3 Å². The third kappa shape index (κ3) is 3.11. The Morgan fingerprint density at radius 2 is 1.62 bits per heavy atom. The van der Waals surface area contributed by atoms with Gasteiger partial charge in [-0.25, -0.2) is 4.90 Å². The molecule has 1 unspecified atom stereocenters. The van der Waals surface area contributed by atoms with E-state index in [0.29, 0.717) is 11.4 Å². The van der Waals surface area contributed by atoms with Crippen LogP contribution in [0.3, 0.4) is 0 Å². The van der Waals surface area contributed by atoms with Gasteiger partial charge in [0.25, 0.3) is 11.1 Å². The van der Waals surface area contributed by atoms with Crippen LogP contribution in [0.4, 0.5) is 16.2 Å². The van der Waals surface area contributed by atoms with E-state index in [2.05, 4.69) is 0 Å². The summed E-state index contributed by atoms with van der Waals surface area (Å²) >= 11 is 0.877. The SMILES string of the molecule is NC(=O)CN(c1ccccc1)C1SC(=O)N(c2ccccc2)C1=O. The first-order valence-electron chi connectivity index (χ1n) is 7.27. The number of nitrogens with zero attached hydrogens (tertiary/aromatic N) is 2. The maximum absolute atomic E-state index is 12.8. The lowest BCUT2D eigenvalue weighted by molar-refractivity contribution is -0.117. The Labute approximate surface area is 143 Å². The number of nitrogens with two attached hydrogens (primary N) is 1. The summed E-state index contributed by atoms with van der Waals surface area (Å²) in [6.07, 6.45) is 0. The zero-order valence-corrected chi connectivity index (χ0v) is 13.5. The van der Waals surface area contributed by atoms with Gasteiger partial charge in [-0.15, -0.1) is 0 Å². The molecule has 1 atom stereocenters. The van der Waals surface area contributed by atoms with E-state index in [1.165, 1.54) is 0 Å². The molecule has 24 heavy (non-hydrogen) atoms. The van der Waals surface area contributed by atoms with Crippen LogP contribution in [0.15, 0.2) is 60.7 Å². The van der Waals surface area contributed by atoms with E-state index in [0.717, 1.165) is 16.7 Å². The molecule has 0 spiro atoms. The summed E-state index contributed by atoms with van der Waals surface area (Å²) < 4.78 is 0. The first-order chi connectivity index (χ1) is 11.6. The van der Waals surface area contributed by atoms with Crippen LogP contribution in [-0.2, 0) is 9.59 Å². The predicted molar refractivity (Wildman–Crippen MR) is 93.7 cm³/mol. The molecular formula is C17H15N3O3S. The van der Waals surface area contributed by atoms with Crippen molar-refractivity contribution in [3.8, 4) is 0 Å². The standard InChI is InChI=1S/C17H15N3O3S/c18-14(21)11-19(12-7-3-1-4-8-12)16-15(22)20(17(23)24-16)13-9-5-2-6-10-13/h1-10,16H,11H2,(H2,18,21). The van der Waals surface area contributed by atoms with Gasteiger partial charge in [0.15, 0.2) is 5.37 Å². The fourth-order valence-corrected chi connectivity index (χ4v) is 3.52. The van der Waals surface area contributed by atoms with Crippen molar-refractivity contribution in [1.82, 2.24) is 0 Å². The van der Waals surface area contributed by atoms with Crippen LogP contribution >= 0.6 is 11.8 Å². The van der Waals surface area contributed by atoms with Crippen molar-refractivity contribution in [2.45, 2.75) is 5.37 Å². The molecule has 0 bridgehead atoms. The smallest absolute Gasteiger partial charge is 0.295 e. The Kier molecular flexibility index (Phi) is 4.52. The van der Waals surface area contributed by atoms with Crippen molar-refractivity contribution in [3.63, 3.8) is 0 Å².